The average Bonchev–Trinajstić information content (AvgIpc) is 2.60. The number of halogens is 1. The van der Waals surface area contributed by atoms with Gasteiger partial charge in [-0.15, -0.1) is 0 Å². The number of hydrogen-bond acceptors (Lipinski definition) is 4. The van der Waals surface area contributed by atoms with Gasteiger partial charge in [-0.3, -0.25) is 14.4 Å². The first-order valence-corrected chi connectivity index (χ1v) is 8.04. The van der Waals surface area contributed by atoms with Gasteiger partial charge < -0.3 is 15.4 Å². The first-order chi connectivity index (χ1) is 12.0. The summed E-state index contributed by atoms with van der Waals surface area (Å²) in [4.78, 5) is 35.3. The van der Waals surface area contributed by atoms with Gasteiger partial charge in [-0.2, -0.15) is 0 Å². The second kappa shape index (κ2) is 7.36. The number of hydrogen-bond donors (Lipinski definition) is 2. The number of anilines is 2. The Morgan fingerprint density at radius 1 is 1.12 bits per heavy atom. The zero-order chi connectivity index (χ0) is 17.8. The van der Waals surface area contributed by atoms with Crippen LogP contribution >= 0.6 is 11.6 Å². The summed E-state index contributed by atoms with van der Waals surface area (Å²) in [6, 6.07) is 11.5. The van der Waals surface area contributed by atoms with Gasteiger partial charge >= 0.3 is 0 Å². The summed E-state index contributed by atoms with van der Waals surface area (Å²) in [6.45, 7) is -0.0556. The molecule has 25 heavy (non-hydrogen) atoms. The van der Waals surface area contributed by atoms with Crippen LogP contribution < -0.4 is 15.4 Å². The Kier molecular flexibility index (Phi) is 5.00. The fraction of sp³-hybridized carbons (Fsp3) is 0.167. The summed E-state index contributed by atoms with van der Waals surface area (Å²) in [5, 5.41) is 5.94. The SMILES string of the molecule is O=C(CCC(=O)c1ccc(Cl)cc1)Nc1ccc2c(c1)OCC(=O)N2. The zero-order valence-electron chi connectivity index (χ0n) is 13.2. The van der Waals surface area contributed by atoms with Crippen LogP contribution in [0, 0.1) is 0 Å². The van der Waals surface area contributed by atoms with Crippen molar-refractivity contribution in [2.45, 2.75) is 12.8 Å². The lowest BCUT2D eigenvalue weighted by Crippen LogP contribution is -2.25. The van der Waals surface area contributed by atoms with Gasteiger partial charge in [-0.25, -0.2) is 0 Å². The van der Waals surface area contributed by atoms with E-state index in [1.807, 2.05) is 0 Å². The van der Waals surface area contributed by atoms with E-state index in [1.54, 1.807) is 42.5 Å². The third-order valence-corrected chi connectivity index (χ3v) is 3.90. The van der Waals surface area contributed by atoms with Gasteiger partial charge in [0.2, 0.25) is 5.91 Å². The molecule has 0 saturated carbocycles. The van der Waals surface area contributed by atoms with E-state index in [9.17, 15) is 14.4 Å². The van der Waals surface area contributed by atoms with Crippen LogP contribution in [0.5, 0.6) is 5.75 Å². The molecule has 128 valence electrons. The van der Waals surface area contributed by atoms with Crippen molar-refractivity contribution >= 4 is 40.6 Å². The third kappa shape index (κ3) is 4.36. The molecule has 2 amide bonds. The molecular weight excluding hydrogens is 344 g/mol. The van der Waals surface area contributed by atoms with Crippen LogP contribution in [-0.2, 0) is 9.59 Å². The predicted octanol–water partition coefficient (Wildman–Crippen LogP) is 3.27. The molecule has 0 saturated heterocycles. The molecular formula is C18H15ClN2O4. The van der Waals surface area contributed by atoms with Crippen LogP contribution in [0.25, 0.3) is 0 Å². The molecule has 2 aromatic rings. The Hall–Kier alpha value is -2.86. The molecule has 3 rings (SSSR count). The first-order valence-electron chi connectivity index (χ1n) is 7.66. The van der Waals surface area contributed by atoms with Crippen molar-refractivity contribution in [2.75, 3.05) is 17.2 Å². The number of ketones is 1. The van der Waals surface area contributed by atoms with Crippen molar-refractivity contribution in [1.29, 1.82) is 0 Å². The van der Waals surface area contributed by atoms with E-state index in [0.29, 0.717) is 27.7 Å². The third-order valence-electron chi connectivity index (χ3n) is 3.64. The lowest BCUT2D eigenvalue weighted by molar-refractivity contribution is -0.118. The minimum Gasteiger partial charge on any atom is -0.482 e. The van der Waals surface area contributed by atoms with Gasteiger partial charge in [0.25, 0.3) is 5.91 Å². The number of nitrogens with one attached hydrogen (secondary N) is 2. The molecule has 0 aliphatic carbocycles. The molecule has 6 nitrogen and oxygen atoms in total. The summed E-state index contributed by atoms with van der Waals surface area (Å²) in [5.41, 5.74) is 1.63. The molecule has 0 bridgehead atoms. The average molecular weight is 359 g/mol. The van der Waals surface area contributed by atoms with E-state index in [0.717, 1.165) is 0 Å². The lowest BCUT2D eigenvalue weighted by atomic mass is 10.1. The van der Waals surface area contributed by atoms with Gasteiger partial charge in [-0.1, -0.05) is 11.6 Å². The number of Topliss-reactive ketones (excluding diaryl/α,β-unsaturated/α-hetero) is 1. The lowest BCUT2D eigenvalue weighted by Gasteiger charge is -2.18. The standard InChI is InChI=1S/C18H15ClN2O4/c19-12-3-1-11(2-4-12)15(22)7-8-17(23)20-13-5-6-14-16(9-13)25-10-18(24)21-14/h1-6,9H,7-8,10H2,(H,20,23)(H,21,24). The van der Waals surface area contributed by atoms with E-state index in [4.69, 9.17) is 16.3 Å². The molecule has 1 aliphatic heterocycles. The minimum absolute atomic E-state index is 0.0556. The quantitative estimate of drug-likeness (QED) is 0.803. The number of fused-ring (bicyclic) bond motifs is 1. The van der Waals surface area contributed by atoms with Crippen molar-refractivity contribution in [1.82, 2.24) is 0 Å². The smallest absolute Gasteiger partial charge is 0.262 e. The Labute approximate surface area is 149 Å². The molecule has 0 fully saturated rings. The van der Waals surface area contributed by atoms with Crippen molar-refractivity contribution in [3.05, 3.63) is 53.1 Å². The number of carbonyl (C=O) groups excluding carboxylic acids is 3. The van der Waals surface area contributed by atoms with Crippen LogP contribution in [0.15, 0.2) is 42.5 Å². The number of amides is 2. The van der Waals surface area contributed by atoms with Crippen LogP contribution in [0.3, 0.4) is 0 Å². The highest BCUT2D eigenvalue weighted by Crippen LogP contribution is 2.30. The molecule has 0 atom stereocenters. The number of benzene rings is 2. The molecule has 7 heteroatoms. The summed E-state index contributed by atoms with van der Waals surface area (Å²) in [5.74, 6) is -0.120. The molecule has 2 N–H and O–H groups in total. The molecule has 0 spiro atoms. The fourth-order valence-electron chi connectivity index (χ4n) is 2.38. The van der Waals surface area contributed by atoms with Gasteiger partial charge in [0, 0.05) is 35.2 Å². The number of rotatable bonds is 5. The Bertz CT molecular complexity index is 833. The molecule has 0 unspecified atom stereocenters. The largest absolute Gasteiger partial charge is 0.482 e. The Morgan fingerprint density at radius 2 is 1.88 bits per heavy atom. The van der Waals surface area contributed by atoms with Gasteiger partial charge in [0.15, 0.2) is 12.4 Å². The normalized spacial score (nSPS) is 12.6. The van der Waals surface area contributed by atoms with Crippen molar-refractivity contribution in [3.8, 4) is 5.75 Å². The van der Waals surface area contributed by atoms with Crippen molar-refractivity contribution in [2.24, 2.45) is 0 Å². The maximum Gasteiger partial charge on any atom is 0.262 e. The highest BCUT2D eigenvalue weighted by Gasteiger charge is 2.16. The van der Waals surface area contributed by atoms with E-state index in [1.165, 1.54) is 0 Å². The van der Waals surface area contributed by atoms with Gasteiger partial charge in [0.05, 0.1) is 5.69 Å². The van der Waals surface area contributed by atoms with E-state index < -0.39 is 0 Å². The van der Waals surface area contributed by atoms with Crippen molar-refractivity contribution < 1.29 is 19.1 Å². The predicted molar refractivity (Wildman–Crippen MR) is 94.2 cm³/mol. The molecule has 2 aromatic carbocycles. The Balaban J connectivity index is 1.55. The van der Waals surface area contributed by atoms with Gasteiger partial charge in [0.1, 0.15) is 5.75 Å². The molecule has 0 radical (unpaired) electrons. The highest BCUT2D eigenvalue weighted by atomic mass is 35.5. The molecule has 1 heterocycles. The van der Waals surface area contributed by atoms with Crippen LogP contribution in [0.1, 0.15) is 23.2 Å². The fourth-order valence-corrected chi connectivity index (χ4v) is 2.51. The minimum atomic E-state index is -0.276. The zero-order valence-corrected chi connectivity index (χ0v) is 13.9. The second-order valence-electron chi connectivity index (χ2n) is 5.53. The second-order valence-corrected chi connectivity index (χ2v) is 5.96. The van der Waals surface area contributed by atoms with E-state index >= 15 is 0 Å². The number of carbonyl (C=O) groups is 3. The van der Waals surface area contributed by atoms with Gasteiger partial charge in [-0.05, 0) is 36.4 Å². The Morgan fingerprint density at radius 3 is 2.64 bits per heavy atom. The van der Waals surface area contributed by atoms with Crippen LogP contribution in [-0.4, -0.2) is 24.2 Å². The van der Waals surface area contributed by atoms with E-state index in [2.05, 4.69) is 10.6 Å². The van der Waals surface area contributed by atoms with Crippen molar-refractivity contribution in [3.63, 3.8) is 0 Å². The summed E-state index contributed by atoms with van der Waals surface area (Å²) >= 11 is 5.78. The highest BCUT2D eigenvalue weighted by molar-refractivity contribution is 6.30. The molecule has 1 aliphatic rings. The maximum absolute atomic E-state index is 12.1. The summed E-state index contributed by atoms with van der Waals surface area (Å²) in [6.07, 6.45) is 0.168. The van der Waals surface area contributed by atoms with E-state index in [-0.39, 0.29) is 37.0 Å². The topological polar surface area (TPSA) is 84.5 Å². The first kappa shape index (κ1) is 17.0. The number of ether oxygens (including phenoxy) is 1. The van der Waals surface area contributed by atoms with Crippen LogP contribution in [0.4, 0.5) is 11.4 Å². The molecule has 0 aromatic heterocycles. The summed E-state index contributed by atoms with van der Waals surface area (Å²) < 4.78 is 5.30. The van der Waals surface area contributed by atoms with Crippen LogP contribution in [0.2, 0.25) is 5.02 Å². The monoisotopic (exact) mass is 358 g/mol. The maximum atomic E-state index is 12.1. The summed E-state index contributed by atoms with van der Waals surface area (Å²) in [7, 11) is 0.